The number of hydrogen-bond donors (Lipinski definition) is 2. The van der Waals surface area contributed by atoms with Crippen LogP contribution in [0.4, 0.5) is 0 Å². The summed E-state index contributed by atoms with van der Waals surface area (Å²) in [6, 6.07) is 13.7. The molecule has 2 aromatic carbocycles. The van der Waals surface area contributed by atoms with Crippen molar-refractivity contribution < 1.29 is 10.2 Å². The summed E-state index contributed by atoms with van der Waals surface area (Å²) in [5.74, 6) is 0. The third kappa shape index (κ3) is 1.94. The zero-order chi connectivity index (χ0) is 11.5. The van der Waals surface area contributed by atoms with Gasteiger partial charge in [0.1, 0.15) is 6.10 Å². The summed E-state index contributed by atoms with van der Waals surface area (Å²) < 4.78 is 0. The highest BCUT2D eigenvalue weighted by molar-refractivity contribution is 5.86. The van der Waals surface area contributed by atoms with Crippen molar-refractivity contribution in [2.75, 3.05) is 0 Å². The zero-order valence-electron chi connectivity index (χ0n) is 9.30. The van der Waals surface area contributed by atoms with Crippen LogP contribution < -0.4 is 0 Å². The molecule has 2 N–H and O–H groups in total. The molecule has 2 heteroatoms. The lowest BCUT2D eigenvalue weighted by Gasteiger charge is -2.18. The molecule has 2 rings (SSSR count). The van der Waals surface area contributed by atoms with E-state index in [9.17, 15) is 10.2 Å². The Morgan fingerprint density at radius 3 is 2.44 bits per heavy atom. The normalized spacial score (nSPS) is 14.9. The second-order valence-corrected chi connectivity index (χ2v) is 3.99. The van der Waals surface area contributed by atoms with Gasteiger partial charge >= 0.3 is 0 Å². The summed E-state index contributed by atoms with van der Waals surface area (Å²) >= 11 is 0. The van der Waals surface area contributed by atoms with Gasteiger partial charge in [0.2, 0.25) is 0 Å². The van der Waals surface area contributed by atoms with E-state index < -0.39 is 12.2 Å². The summed E-state index contributed by atoms with van der Waals surface area (Å²) in [5.41, 5.74) is 0.799. The minimum Gasteiger partial charge on any atom is -0.390 e. The highest BCUT2D eigenvalue weighted by atomic mass is 16.3. The maximum atomic E-state index is 10.0. The van der Waals surface area contributed by atoms with E-state index >= 15 is 0 Å². The van der Waals surface area contributed by atoms with E-state index in [0.29, 0.717) is 6.42 Å². The van der Waals surface area contributed by atoms with E-state index in [1.807, 2.05) is 49.4 Å². The molecule has 0 aliphatic carbocycles. The van der Waals surface area contributed by atoms with Gasteiger partial charge in [0, 0.05) is 0 Å². The Kier molecular flexibility index (Phi) is 3.22. The van der Waals surface area contributed by atoms with Crippen molar-refractivity contribution in [1.82, 2.24) is 0 Å². The SMILES string of the molecule is CCC(O)C(O)c1cccc2ccccc12. The van der Waals surface area contributed by atoms with E-state index in [1.165, 1.54) is 0 Å². The lowest BCUT2D eigenvalue weighted by Crippen LogP contribution is -2.17. The monoisotopic (exact) mass is 216 g/mol. The highest BCUT2D eigenvalue weighted by Crippen LogP contribution is 2.26. The zero-order valence-corrected chi connectivity index (χ0v) is 9.30. The summed E-state index contributed by atoms with van der Waals surface area (Å²) in [6.45, 7) is 1.86. The van der Waals surface area contributed by atoms with Crippen molar-refractivity contribution >= 4 is 10.8 Å². The molecule has 0 aromatic heterocycles. The molecule has 0 aliphatic heterocycles. The van der Waals surface area contributed by atoms with Crippen LogP contribution in [0.3, 0.4) is 0 Å². The van der Waals surface area contributed by atoms with Gasteiger partial charge in [-0.1, -0.05) is 49.4 Å². The predicted octanol–water partition coefficient (Wildman–Crippen LogP) is 2.64. The number of hydrogen-bond acceptors (Lipinski definition) is 2. The minimum absolute atomic E-state index is 0.546. The van der Waals surface area contributed by atoms with Gasteiger partial charge in [0.25, 0.3) is 0 Å². The largest absolute Gasteiger partial charge is 0.390 e. The molecular formula is C14H16O2. The van der Waals surface area contributed by atoms with Crippen LogP contribution >= 0.6 is 0 Å². The molecule has 0 spiro atoms. The molecule has 0 bridgehead atoms. The minimum atomic E-state index is -0.809. The Morgan fingerprint density at radius 1 is 1.00 bits per heavy atom. The topological polar surface area (TPSA) is 40.5 Å². The lowest BCUT2D eigenvalue weighted by molar-refractivity contribution is 0.0173. The number of rotatable bonds is 3. The smallest absolute Gasteiger partial charge is 0.105 e. The lowest BCUT2D eigenvalue weighted by atomic mass is 9.96. The van der Waals surface area contributed by atoms with Crippen LogP contribution in [-0.4, -0.2) is 16.3 Å². The average molecular weight is 216 g/mol. The van der Waals surface area contributed by atoms with E-state index in [1.54, 1.807) is 0 Å². The molecule has 0 saturated heterocycles. The van der Waals surface area contributed by atoms with E-state index in [0.717, 1.165) is 16.3 Å². The van der Waals surface area contributed by atoms with Crippen molar-refractivity contribution in [3.05, 3.63) is 48.0 Å². The van der Waals surface area contributed by atoms with Gasteiger partial charge in [0.05, 0.1) is 6.10 Å². The predicted molar refractivity (Wildman–Crippen MR) is 65.2 cm³/mol. The second-order valence-electron chi connectivity index (χ2n) is 3.99. The van der Waals surface area contributed by atoms with Crippen LogP contribution in [-0.2, 0) is 0 Å². The Bertz CT molecular complexity index is 474. The van der Waals surface area contributed by atoms with Gasteiger partial charge in [-0.15, -0.1) is 0 Å². The van der Waals surface area contributed by atoms with E-state index in [-0.39, 0.29) is 0 Å². The summed E-state index contributed by atoms with van der Waals surface area (Å²) in [6.07, 6.45) is -0.966. The molecule has 0 radical (unpaired) electrons. The summed E-state index contributed by atoms with van der Waals surface area (Å²) in [7, 11) is 0. The van der Waals surface area contributed by atoms with Crippen LogP contribution in [0.5, 0.6) is 0 Å². The maximum absolute atomic E-state index is 10.0. The Balaban J connectivity index is 2.52. The van der Waals surface area contributed by atoms with Crippen molar-refractivity contribution in [2.24, 2.45) is 0 Å². The Morgan fingerprint density at radius 2 is 1.69 bits per heavy atom. The third-order valence-electron chi connectivity index (χ3n) is 2.92. The molecule has 84 valence electrons. The third-order valence-corrected chi connectivity index (χ3v) is 2.92. The molecule has 0 aliphatic rings. The molecule has 2 atom stereocenters. The quantitative estimate of drug-likeness (QED) is 0.828. The second kappa shape index (κ2) is 4.64. The van der Waals surface area contributed by atoms with Gasteiger partial charge in [0.15, 0.2) is 0 Å². The van der Waals surface area contributed by atoms with Crippen molar-refractivity contribution in [3.63, 3.8) is 0 Å². The first-order valence-electron chi connectivity index (χ1n) is 5.58. The van der Waals surface area contributed by atoms with E-state index in [2.05, 4.69) is 0 Å². The number of aliphatic hydroxyl groups is 2. The van der Waals surface area contributed by atoms with Crippen molar-refractivity contribution in [3.8, 4) is 0 Å². The molecule has 0 fully saturated rings. The molecule has 16 heavy (non-hydrogen) atoms. The molecule has 0 saturated carbocycles. The molecule has 2 nitrogen and oxygen atoms in total. The molecule has 0 heterocycles. The first kappa shape index (κ1) is 11.1. The Labute approximate surface area is 95.2 Å². The van der Waals surface area contributed by atoms with Crippen LogP contribution in [0.15, 0.2) is 42.5 Å². The van der Waals surface area contributed by atoms with Crippen molar-refractivity contribution in [2.45, 2.75) is 25.6 Å². The Hall–Kier alpha value is -1.38. The molecule has 0 amide bonds. The first-order valence-corrected chi connectivity index (χ1v) is 5.58. The summed E-state index contributed by atoms with van der Waals surface area (Å²) in [4.78, 5) is 0. The molecule has 2 unspecified atom stereocenters. The fourth-order valence-corrected chi connectivity index (χ4v) is 1.94. The van der Waals surface area contributed by atoms with Crippen LogP contribution in [0, 0.1) is 0 Å². The van der Waals surface area contributed by atoms with Gasteiger partial charge in [-0.2, -0.15) is 0 Å². The van der Waals surface area contributed by atoms with Gasteiger partial charge in [-0.3, -0.25) is 0 Å². The maximum Gasteiger partial charge on any atom is 0.105 e. The van der Waals surface area contributed by atoms with Gasteiger partial charge in [-0.25, -0.2) is 0 Å². The average Bonchev–Trinajstić information content (AvgIpc) is 2.36. The fourth-order valence-electron chi connectivity index (χ4n) is 1.94. The standard InChI is InChI=1S/C14H16O2/c1-2-13(15)14(16)12-9-5-7-10-6-3-4-8-11(10)12/h3-9,13-16H,2H2,1H3. The first-order chi connectivity index (χ1) is 7.74. The van der Waals surface area contributed by atoms with Gasteiger partial charge < -0.3 is 10.2 Å². The summed E-state index contributed by atoms with van der Waals surface area (Å²) in [5, 5.41) is 21.8. The van der Waals surface area contributed by atoms with Crippen LogP contribution in [0.1, 0.15) is 25.0 Å². The van der Waals surface area contributed by atoms with Crippen LogP contribution in [0.2, 0.25) is 0 Å². The highest BCUT2D eigenvalue weighted by Gasteiger charge is 2.18. The number of benzene rings is 2. The number of fused-ring (bicyclic) bond motifs is 1. The van der Waals surface area contributed by atoms with E-state index in [4.69, 9.17) is 0 Å². The fraction of sp³-hybridized carbons (Fsp3) is 0.286. The van der Waals surface area contributed by atoms with Gasteiger partial charge in [-0.05, 0) is 22.8 Å². The number of aliphatic hydroxyl groups excluding tert-OH is 2. The molecular weight excluding hydrogens is 200 g/mol. The van der Waals surface area contributed by atoms with Crippen LogP contribution in [0.25, 0.3) is 10.8 Å². The molecule has 2 aromatic rings. The van der Waals surface area contributed by atoms with Crippen molar-refractivity contribution in [1.29, 1.82) is 0 Å².